The lowest BCUT2D eigenvalue weighted by molar-refractivity contribution is -0.117. The highest BCUT2D eigenvalue weighted by Gasteiger charge is 2.23. The Kier molecular flexibility index (Phi) is 5.10. The summed E-state index contributed by atoms with van der Waals surface area (Å²) in [4.78, 5) is 11.3. The number of hydrogen-bond donors (Lipinski definition) is 2. The van der Waals surface area contributed by atoms with E-state index in [1.165, 1.54) is 11.6 Å². The first kappa shape index (κ1) is 14.5. The van der Waals surface area contributed by atoms with Crippen molar-refractivity contribution in [3.05, 3.63) is 48.6 Å². The number of benzene rings is 1. The van der Waals surface area contributed by atoms with Gasteiger partial charge in [0.1, 0.15) is 0 Å². The molecule has 1 atom stereocenters. The summed E-state index contributed by atoms with van der Waals surface area (Å²) < 4.78 is 0. The Morgan fingerprint density at radius 1 is 1.39 bits per heavy atom. The quantitative estimate of drug-likeness (QED) is 0.598. The predicted molar refractivity (Wildman–Crippen MR) is 75.0 cm³/mol. The molecular weight excluding hydrogens is 224 g/mol. The minimum Gasteiger partial charge on any atom is -0.337 e. The third-order valence-electron chi connectivity index (χ3n) is 2.94. The van der Waals surface area contributed by atoms with Gasteiger partial charge in [0.25, 0.3) is 0 Å². The summed E-state index contributed by atoms with van der Waals surface area (Å²) in [6.07, 6.45) is 2.04. The summed E-state index contributed by atoms with van der Waals surface area (Å²) in [5.74, 6) is -0.154. The second-order valence-electron chi connectivity index (χ2n) is 4.81. The van der Waals surface area contributed by atoms with Crippen LogP contribution in [0.1, 0.15) is 32.8 Å². The summed E-state index contributed by atoms with van der Waals surface area (Å²) in [5, 5.41) is 6.32. The lowest BCUT2D eigenvalue weighted by Gasteiger charge is -2.32. The fraction of sp³-hybridized carbons (Fsp3) is 0.400. The van der Waals surface area contributed by atoms with Crippen LogP contribution in [0.3, 0.4) is 0 Å². The van der Waals surface area contributed by atoms with E-state index in [1.807, 2.05) is 25.1 Å². The Morgan fingerprint density at radius 3 is 2.50 bits per heavy atom. The van der Waals surface area contributed by atoms with Crippen LogP contribution in [-0.2, 0) is 10.3 Å². The van der Waals surface area contributed by atoms with Crippen LogP contribution in [0, 0.1) is 0 Å². The van der Waals surface area contributed by atoms with Crippen LogP contribution < -0.4 is 10.6 Å². The number of amides is 1. The van der Waals surface area contributed by atoms with Gasteiger partial charge < -0.3 is 5.32 Å². The Hall–Kier alpha value is -1.61. The number of carbonyl (C=O) groups excluding carboxylic acids is 1. The summed E-state index contributed by atoms with van der Waals surface area (Å²) >= 11 is 0. The van der Waals surface area contributed by atoms with Gasteiger partial charge in [0.05, 0.1) is 6.17 Å². The maximum absolute atomic E-state index is 11.3. The van der Waals surface area contributed by atoms with Crippen molar-refractivity contribution in [1.82, 2.24) is 10.6 Å². The highest BCUT2D eigenvalue weighted by Crippen LogP contribution is 2.20. The lowest BCUT2D eigenvalue weighted by atomic mass is 9.94. The SMILES string of the molecule is C=CC(=O)NC(CC)NC(C)(C)c1ccccc1. The van der Waals surface area contributed by atoms with Gasteiger partial charge in [-0.1, -0.05) is 43.8 Å². The van der Waals surface area contributed by atoms with E-state index in [1.54, 1.807) is 0 Å². The Morgan fingerprint density at radius 2 is 2.00 bits per heavy atom. The van der Waals surface area contributed by atoms with Crippen LogP contribution in [-0.4, -0.2) is 12.1 Å². The molecule has 0 spiro atoms. The Balaban J connectivity index is 2.74. The van der Waals surface area contributed by atoms with Crippen molar-refractivity contribution < 1.29 is 4.79 Å². The third kappa shape index (κ3) is 4.00. The fourth-order valence-corrected chi connectivity index (χ4v) is 1.84. The van der Waals surface area contributed by atoms with Crippen molar-refractivity contribution in [2.24, 2.45) is 0 Å². The molecule has 0 radical (unpaired) electrons. The second-order valence-corrected chi connectivity index (χ2v) is 4.81. The van der Waals surface area contributed by atoms with E-state index in [0.717, 1.165) is 6.42 Å². The summed E-state index contributed by atoms with van der Waals surface area (Å²) in [6.45, 7) is 9.70. The molecule has 18 heavy (non-hydrogen) atoms. The molecule has 1 amide bonds. The molecule has 1 rings (SSSR count). The van der Waals surface area contributed by atoms with Crippen LogP contribution >= 0.6 is 0 Å². The maximum Gasteiger partial charge on any atom is 0.244 e. The van der Waals surface area contributed by atoms with Crippen molar-refractivity contribution in [2.75, 3.05) is 0 Å². The van der Waals surface area contributed by atoms with E-state index in [0.29, 0.717) is 0 Å². The van der Waals surface area contributed by atoms with Gasteiger partial charge >= 0.3 is 0 Å². The number of nitrogens with one attached hydrogen (secondary N) is 2. The predicted octanol–water partition coefficient (Wildman–Crippen LogP) is 2.55. The minimum atomic E-state index is -0.198. The molecule has 1 aromatic rings. The van der Waals surface area contributed by atoms with Crippen molar-refractivity contribution in [2.45, 2.75) is 38.9 Å². The molecule has 0 aromatic heterocycles. The molecule has 0 saturated carbocycles. The van der Waals surface area contributed by atoms with Gasteiger partial charge in [0.2, 0.25) is 5.91 Å². The molecule has 0 heterocycles. The zero-order valence-electron chi connectivity index (χ0n) is 11.4. The van der Waals surface area contributed by atoms with Crippen molar-refractivity contribution in [3.8, 4) is 0 Å². The molecule has 0 fully saturated rings. The standard InChI is InChI=1S/C15H22N2O/c1-5-13(16-14(18)6-2)17-15(3,4)12-10-8-7-9-11-12/h6-11,13,17H,2,5H2,1,3-4H3,(H,16,18). The number of hydrogen-bond acceptors (Lipinski definition) is 2. The van der Waals surface area contributed by atoms with Crippen LogP contribution in [0.2, 0.25) is 0 Å². The van der Waals surface area contributed by atoms with Gasteiger partial charge in [0.15, 0.2) is 0 Å². The molecule has 98 valence electrons. The zero-order chi connectivity index (χ0) is 13.6. The van der Waals surface area contributed by atoms with Gasteiger partial charge in [-0.15, -0.1) is 0 Å². The summed E-state index contributed by atoms with van der Waals surface area (Å²) in [5.41, 5.74) is 0.993. The van der Waals surface area contributed by atoms with Crippen molar-refractivity contribution in [1.29, 1.82) is 0 Å². The van der Waals surface area contributed by atoms with E-state index in [2.05, 4.69) is 43.2 Å². The average molecular weight is 246 g/mol. The highest BCUT2D eigenvalue weighted by atomic mass is 16.1. The lowest BCUT2D eigenvalue weighted by Crippen LogP contribution is -2.52. The molecular formula is C15H22N2O. The first-order valence-electron chi connectivity index (χ1n) is 6.25. The third-order valence-corrected chi connectivity index (χ3v) is 2.94. The van der Waals surface area contributed by atoms with E-state index >= 15 is 0 Å². The van der Waals surface area contributed by atoms with Gasteiger partial charge in [-0.2, -0.15) is 0 Å². The monoisotopic (exact) mass is 246 g/mol. The van der Waals surface area contributed by atoms with Crippen LogP contribution in [0.4, 0.5) is 0 Å². The normalized spacial score (nSPS) is 12.8. The molecule has 1 aromatic carbocycles. The second kappa shape index (κ2) is 6.36. The first-order chi connectivity index (χ1) is 8.49. The van der Waals surface area contributed by atoms with E-state index in [-0.39, 0.29) is 17.6 Å². The van der Waals surface area contributed by atoms with Gasteiger partial charge in [0, 0.05) is 5.54 Å². The van der Waals surface area contributed by atoms with Gasteiger partial charge in [-0.25, -0.2) is 0 Å². The minimum absolute atomic E-state index is 0.0642. The molecule has 3 heteroatoms. The van der Waals surface area contributed by atoms with E-state index in [9.17, 15) is 4.79 Å². The largest absolute Gasteiger partial charge is 0.337 e. The van der Waals surface area contributed by atoms with Crippen molar-refractivity contribution >= 4 is 5.91 Å². The molecule has 0 aliphatic carbocycles. The van der Waals surface area contributed by atoms with Crippen LogP contribution in [0.15, 0.2) is 43.0 Å². The Bertz CT molecular complexity index is 398. The fourth-order valence-electron chi connectivity index (χ4n) is 1.84. The van der Waals surface area contributed by atoms with Crippen molar-refractivity contribution in [3.63, 3.8) is 0 Å². The molecule has 2 N–H and O–H groups in total. The summed E-state index contributed by atoms with van der Waals surface area (Å²) in [7, 11) is 0. The number of rotatable bonds is 6. The summed E-state index contributed by atoms with van der Waals surface area (Å²) in [6, 6.07) is 10.2. The highest BCUT2D eigenvalue weighted by molar-refractivity contribution is 5.87. The van der Waals surface area contributed by atoms with Gasteiger partial charge in [-0.3, -0.25) is 10.1 Å². The van der Waals surface area contributed by atoms with E-state index < -0.39 is 0 Å². The number of carbonyl (C=O) groups is 1. The molecule has 1 unspecified atom stereocenters. The molecule has 0 saturated heterocycles. The van der Waals surface area contributed by atoms with Gasteiger partial charge in [-0.05, 0) is 31.9 Å². The first-order valence-corrected chi connectivity index (χ1v) is 6.25. The van der Waals surface area contributed by atoms with E-state index in [4.69, 9.17) is 0 Å². The topological polar surface area (TPSA) is 41.1 Å². The van der Waals surface area contributed by atoms with Crippen LogP contribution in [0.25, 0.3) is 0 Å². The van der Waals surface area contributed by atoms with Crippen LogP contribution in [0.5, 0.6) is 0 Å². The molecule has 3 nitrogen and oxygen atoms in total. The smallest absolute Gasteiger partial charge is 0.244 e. The molecule has 0 aliphatic heterocycles. The molecule has 0 aliphatic rings. The zero-order valence-corrected chi connectivity index (χ0v) is 11.4. The maximum atomic E-state index is 11.3. The Labute approximate surface area is 109 Å². The average Bonchev–Trinajstić information content (AvgIpc) is 2.38. The molecule has 0 bridgehead atoms.